The number of rotatable bonds is 6. The minimum absolute atomic E-state index is 0.00472. The maximum atomic E-state index is 13.1. The first kappa shape index (κ1) is 19.3. The summed E-state index contributed by atoms with van der Waals surface area (Å²) < 4.78 is 29.3. The van der Waals surface area contributed by atoms with Crippen LogP contribution in [0, 0.1) is 6.92 Å². The van der Waals surface area contributed by atoms with E-state index in [0.29, 0.717) is 19.6 Å². The smallest absolute Gasteiger partial charge is 0.262 e. The first-order valence-electron chi connectivity index (χ1n) is 9.11. The van der Waals surface area contributed by atoms with E-state index in [4.69, 9.17) is 0 Å². The Morgan fingerprint density at radius 2 is 2.00 bits per heavy atom. The summed E-state index contributed by atoms with van der Waals surface area (Å²) >= 11 is 1.66. The zero-order valence-corrected chi connectivity index (χ0v) is 17.4. The van der Waals surface area contributed by atoms with E-state index in [1.54, 1.807) is 29.1 Å². The lowest BCUT2D eigenvalue weighted by Crippen LogP contribution is -2.36. The minimum Gasteiger partial charge on any atom is -0.339 e. The van der Waals surface area contributed by atoms with E-state index in [1.165, 1.54) is 15.5 Å². The number of aromatic nitrogens is 3. The van der Waals surface area contributed by atoms with Crippen LogP contribution >= 0.6 is 11.3 Å². The number of hydrogen-bond donors (Lipinski definition) is 1. The van der Waals surface area contributed by atoms with Gasteiger partial charge < -0.3 is 9.88 Å². The second-order valence-corrected chi connectivity index (χ2v) is 10.3. The van der Waals surface area contributed by atoms with E-state index in [2.05, 4.69) is 27.4 Å². The Balaban J connectivity index is 1.57. The molecule has 3 aromatic rings. The lowest BCUT2D eigenvalue weighted by molar-refractivity contribution is 0.454. The van der Waals surface area contributed by atoms with E-state index in [-0.39, 0.29) is 17.0 Å². The number of sulfonamides is 1. The molecule has 0 saturated carbocycles. The Morgan fingerprint density at radius 1 is 1.21 bits per heavy atom. The molecule has 2 aromatic heterocycles. The van der Waals surface area contributed by atoms with Gasteiger partial charge in [0.1, 0.15) is 5.01 Å². The molecule has 0 bridgehead atoms. The van der Waals surface area contributed by atoms with Gasteiger partial charge in [-0.3, -0.25) is 0 Å². The van der Waals surface area contributed by atoms with Gasteiger partial charge in [0.15, 0.2) is 5.03 Å². The van der Waals surface area contributed by atoms with Crippen molar-refractivity contribution in [2.45, 2.75) is 30.5 Å². The number of thiazole rings is 1. The van der Waals surface area contributed by atoms with Crippen molar-refractivity contribution in [1.29, 1.82) is 0 Å². The second kappa shape index (κ2) is 7.75. The Morgan fingerprint density at radius 3 is 2.64 bits per heavy atom. The average Bonchev–Trinajstić information content (AvgIpc) is 3.40. The van der Waals surface area contributed by atoms with Crippen molar-refractivity contribution in [3.8, 4) is 0 Å². The van der Waals surface area contributed by atoms with Gasteiger partial charge in [0.2, 0.25) is 0 Å². The molecule has 0 aliphatic carbocycles. The number of nitrogens with zero attached hydrogens (tertiary/aromatic N) is 4. The van der Waals surface area contributed by atoms with Crippen LogP contribution in [0.4, 0.5) is 0 Å². The highest BCUT2D eigenvalue weighted by Gasteiger charge is 2.40. The number of hydrogen-bond acceptors (Lipinski definition) is 6. The molecule has 0 radical (unpaired) electrons. The van der Waals surface area contributed by atoms with Gasteiger partial charge in [0.05, 0.1) is 6.33 Å². The number of imidazole rings is 1. The monoisotopic (exact) mass is 417 g/mol. The van der Waals surface area contributed by atoms with Crippen molar-refractivity contribution in [2.75, 3.05) is 13.1 Å². The van der Waals surface area contributed by atoms with Crippen molar-refractivity contribution >= 4 is 21.4 Å². The van der Waals surface area contributed by atoms with Crippen LogP contribution < -0.4 is 5.32 Å². The lowest BCUT2D eigenvalue weighted by atomic mass is 9.94. The topological polar surface area (TPSA) is 80.1 Å². The van der Waals surface area contributed by atoms with Gasteiger partial charge in [-0.25, -0.2) is 18.4 Å². The Kier molecular flexibility index (Phi) is 5.33. The zero-order valence-electron chi connectivity index (χ0n) is 15.8. The van der Waals surface area contributed by atoms with Crippen LogP contribution in [0.25, 0.3) is 0 Å². The molecular formula is C19H23N5O2S2. The molecule has 148 valence electrons. The van der Waals surface area contributed by atoms with Gasteiger partial charge >= 0.3 is 0 Å². The molecule has 0 amide bonds. The summed E-state index contributed by atoms with van der Waals surface area (Å²) in [4.78, 5) is 9.63. The summed E-state index contributed by atoms with van der Waals surface area (Å²) in [5.74, 6) is 0.0701. The van der Waals surface area contributed by atoms with E-state index in [9.17, 15) is 8.42 Å². The van der Waals surface area contributed by atoms with Crippen LogP contribution in [0.15, 0.2) is 54.1 Å². The van der Waals surface area contributed by atoms with Crippen molar-refractivity contribution < 1.29 is 8.42 Å². The maximum absolute atomic E-state index is 13.1. The molecule has 2 unspecified atom stereocenters. The zero-order chi connectivity index (χ0) is 19.7. The van der Waals surface area contributed by atoms with Crippen LogP contribution in [0.1, 0.15) is 21.4 Å². The van der Waals surface area contributed by atoms with E-state index in [1.807, 2.05) is 31.3 Å². The van der Waals surface area contributed by atoms with Crippen LogP contribution in [-0.2, 0) is 23.6 Å². The summed E-state index contributed by atoms with van der Waals surface area (Å²) in [6, 6.07) is 10.1. The highest BCUT2D eigenvalue weighted by Crippen LogP contribution is 2.31. The molecule has 3 heterocycles. The summed E-state index contributed by atoms with van der Waals surface area (Å²) in [6.45, 7) is 3.50. The molecule has 1 aromatic carbocycles. The van der Waals surface area contributed by atoms with E-state index in [0.717, 1.165) is 10.6 Å². The largest absolute Gasteiger partial charge is 0.339 e. The highest BCUT2D eigenvalue weighted by molar-refractivity contribution is 7.89. The van der Waals surface area contributed by atoms with E-state index >= 15 is 0 Å². The van der Waals surface area contributed by atoms with E-state index < -0.39 is 10.0 Å². The molecule has 7 nitrogen and oxygen atoms in total. The maximum Gasteiger partial charge on any atom is 0.262 e. The fourth-order valence-corrected chi connectivity index (χ4v) is 5.76. The number of benzene rings is 1. The SMILES string of the molecule is Cc1cnc(CNC2CN(S(=O)(=O)c3cn(C)cn3)CC2c2ccccc2)s1. The van der Waals surface area contributed by atoms with Crippen molar-refractivity contribution in [2.24, 2.45) is 7.05 Å². The average molecular weight is 418 g/mol. The van der Waals surface area contributed by atoms with Crippen LogP contribution in [0.3, 0.4) is 0 Å². The molecule has 28 heavy (non-hydrogen) atoms. The molecule has 2 atom stereocenters. The second-order valence-electron chi connectivity index (χ2n) is 7.07. The summed E-state index contributed by atoms with van der Waals surface area (Å²) in [5.41, 5.74) is 1.13. The summed E-state index contributed by atoms with van der Waals surface area (Å²) in [5, 5.41) is 4.64. The van der Waals surface area contributed by atoms with Gasteiger partial charge in [-0.15, -0.1) is 11.3 Å². The fraction of sp³-hybridized carbons (Fsp3) is 0.368. The molecular weight excluding hydrogens is 394 g/mol. The Bertz CT molecular complexity index is 1050. The molecule has 1 fully saturated rings. The van der Waals surface area contributed by atoms with Gasteiger partial charge in [0.25, 0.3) is 10.0 Å². The van der Waals surface area contributed by atoms with Gasteiger partial charge in [-0.1, -0.05) is 30.3 Å². The normalized spacial score (nSPS) is 20.6. The first-order valence-corrected chi connectivity index (χ1v) is 11.4. The predicted octanol–water partition coefficient (Wildman–Crippen LogP) is 2.13. The predicted molar refractivity (Wildman–Crippen MR) is 109 cm³/mol. The van der Waals surface area contributed by atoms with Crippen molar-refractivity contribution in [1.82, 2.24) is 24.2 Å². The van der Waals surface area contributed by atoms with Gasteiger partial charge in [0, 0.05) is 55.9 Å². The summed E-state index contributed by atoms with van der Waals surface area (Å²) in [7, 11) is -1.86. The molecule has 1 N–H and O–H groups in total. The van der Waals surface area contributed by atoms with Crippen LogP contribution in [0.5, 0.6) is 0 Å². The molecule has 1 aliphatic rings. The number of aryl methyl sites for hydroxylation is 2. The molecule has 9 heteroatoms. The van der Waals surface area contributed by atoms with Gasteiger partial charge in [-0.2, -0.15) is 4.31 Å². The lowest BCUT2D eigenvalue weighted by Gasteiger charge is -2.19. The van der Waals surface area contributed by atoms with Crippen LogP contribution in [-0.4, -0.2) is 46.4 Å². The Hall–Kier alpha value is -2.07. The number of nitrogens with one attached hydrogen (secondary N) is 1. The minimum atomic E-state index is -3.62. The highest BCUT2D eigenvalue weighted by atomic mass is 32.2. The third-order valence-electron chi connectivity index (χ3n) is 4.98. The molecule has 0 spiro atoms. The third kappa shape index (κ3) is 3.88. The standard InChI is InChI=1S/C19H23N5O2S2/c1-14-8-21-18(27-14)9-20-17-11-24(10-16(17)15-6-4-3-5-7-15)28(25,26)19-12-23(2)13-22-19/h3-8,12-13,16-17,20H,9-11H2,1-2H3. The van der Waals surface area contributed by atoms with Crippen molar-refractivity contribution in [3.63, 3.8) is 0 Å². The summed E-state index contributed by atoms with van der Waals surface area (Å²) in [6.07, 6.45) is 4.92. The first-order chi connectivity index (χ1) is 13.4. The van der Waals surface area contributed by atoms with Gasteiger partial charge in [-0.05, 0) is 12.5 Å². The fourth-order valence-electron chi connectivity index (χ4n) is 3.56. The quantitative estimate of drug-likeness (QED) is 0.665. The molecule has 4 rings (SSSR count). The Labute approximate surface area is 169 Å². The molecule has 1 aliphatic heterocycles. The third-order valence-corrected chi connectivity index (χ3v) is 7.61. The van der Waals surface area contributed by atoms with Crippen LogP contribution in [0.2, 0.25) is 0 Å². The van der Waals surface area contributed by atoms with Crippen molar-refractivity contribution in [3.05, 3.63) is 64.5 Å². The molecule has 1 saturated heterocycles.